The quantitative estimate of drug-likeness (QED) is 0.544. The Labute approximate surface area is 159 Å². The molecule has 0 fully saturated rings. The SMILES string of the molecule is FC(F)c1cn2c(-c3nccc(N4CCc5ccccc5C4)n3)cnc2cn1. The highest BCUT2D eigenvalue weighted by Gasteiger charge is 2.19. The first kappa shape index (κ1) is 16.7. The molecular weight excluding hydrogens is 362 g/mol. The third kappa shape index (κ3) is 2.87. The van der Waals surface area contributed by atoms with Gasteiger partial charge in [-0.05, 0) is 23.6 Å². The number of aromatic nitrogens is 5. The zero-order chi connectivity index (χ0) is 19.1. The van der Waals surface area contributed by atoms with Crippen LogP contribution in [0.3, 0.4) is 0 Å². The number of hydrogen-bond donors (Lipinski definition) is 0. The van der Waals surface area contributed by atoms with E-state index in [1.807, 2.05) is 12.1 Å². The maximum Gasteiger partial charge on any atom is 0.281 e. The molecule has 0 saturated carbocycles. The van der Waals surface area contributed by atoms with E-state index in [0.717, 1.165) is 25.3 Å². The van der Waals surface area contributed by atoms with Crippen LogP contribution in [0, 0.1) is 0 Å². The largest absolute Gasteiger partial charge is 0.352 e. The van der Waals surface area contributed by atoms with Crippen molar-refractivity contribution in [3.63, 3.8) is 0 Å². The summed E-state index contributed by atoms with van der Waals surface area (Å²) in [6.07, 6.45) is 4.18. The van der Waals surface area contributed by atoms with E-state index in [4.69, 9.17) is 0 Å². The second kappa shape index (κ2) is 6.63. The molecule has 140 valence electrons. The van der Waals surface area contributed by atoms with Crippen LogP contribution in [0.5, 0.6) is 0 Å². The monoisotopic (exact) mass is 378 g/mol. The molecule has 0 spiro atoms. The molecule has 28 heavy (non-hydrogen) atoms. The summed E-state index contributed by atoms with van der Waals surface area (Å²) < 4.78 is 27.6. The molecule has 0 unspecified atom stereocenters. The summed E-state index contributed by atoms with van der Waals surface area (Å²) in [5, 5.41) is 0. The van der Waals surface area contributed by atoms with E-state index in [1.54, 1.807) is 16.8 Å². The van der Waals surface area contributed by atoms with Gasteiger partial charge in [-0.1, -0.05) is 24.3 Å². The van der Waals surface area contributed by atoms with Gasteiger partial charge in [-0.15, -0.1) is 0 Å². The highest BCUT2D eigenvalue weighted by molar-refractivity contribution is 5.58. The first-order valence-corrected chi connectivity index (χ1v) is 8.95. The van der Waals surface area contributed by atoms with E-state index in [1.165, 1.54) is 23.5 Å². The predicted molar refractivity (Wildman–Crippen MR) is 100 cm³/mol. The molecule has 4 heterocycles. The van der Waals surface area contributed by atoms with Crippen LogP contribution in [0.25, 0.3) is 17.2 Å². The van der Waals surface area contributed by atoms with Crippen LogP contribution in [-0.2, 0) is 13.0 Å². The number of anilines is 1. The maximum atomic E-state index is 13.0. The van der Waals surface area contributed by atoms with Gasteiger partial charge in [-0.2, -0.15) is 0 Å². The zero-order valence-corrected chi connectivity index (χ0v) is 14.8. The minimum Gasteiger partial charge on any atom is -0.352 e. The lowest BCUT2D eigenvalue weighted by Crippen LogP contribution is -2.31. The van der Waals surface area contributed by atoms with Crippen molar-refractivity contribution < 1.29 is 8.78 Å². The molecule has 4 aromatic rings. The van der Waals surface area contributed by atoms with Crippen molar-refractivity contribution in [3.05, 3.63) is 71.9 Å². The summed E-state index contributed by atoms with van der Waals surface area (Å²) in [6.45, 7) is 1.64. The van der Waals surface area contributed by atoms with Crippen molar-refractivity contribution in [2.45, 2.75) is 19.4 Å². The number of nitrogens with zero attached hydrogens (tertiary/aromatic N) is 6. The fourth-order valence-corrected chi connectivity index (χ4v) is 3.52. The Morgan fingerprint density at radius 1 is 0.964 bits per heavy atom. The number of imidazole rings is 1. The van der Waals surface area contributed by atoms with Crippen LogP contribution in [0.2, 0.25) is 0 Å². The molecule has 5 rings (SSSR count). The van der Waals surface area contributed by atoms with Gasteiger partial charge in [-0.3, -0.25) is 4.40 Å². The standard InChI is InChI=1S/C20H16F2N6/c21-19(22)15-12-28-16(9-25-18(28)10-24-15)20-23-7-5-17(26-20)27-8-6-13-3-1-2-4-14(13)11-27/h1-5,7,9-10,12,19H,6,8,11H2. The van der Waals surface area contributed by atoms with E-state index in [-0.39, 0.29) is 5.69 Å². The molecule has 0 radical (unpaired) electrons. The molecule has 0 amide bonds. The Morgan fingerprint density at radius 2 is 1.82 bits per heavy atom. The van der Waals surface area contributed by atoms with Crippen LogP contribution in [0.1, 0.15) is 23.2 Å². The summed E-state index contributed by atoms with van der Waals surface area (Å²) in [6, 6.07) is 10.3. The van der Waals surface area contributed by atoms with Crippen molar-refractivity contribution in [3.8, 4) is 11.5 Å². The summed E-state index contributed by atoms with van der Waals surface area (Å²) in [7, 11) is 0. The number of benzene rings is 1. The molecule has 1 aliphatic heterocycles. The third-order valence-corrected chi connectivity index (χ3v) is 4.96. The molecule has 0 N–H and O–H groups in total. The highest BCUT2D eigenvalue weighted by Crippen LogP contribution is 2.25. The average Bonchev–Trinajstić information content (AvgIpc) is 3.17. The highest BCUT2D eigenvalue weighted by atomic mass is 19.3. The Bertz CT molecular complexity index is 1160. The van der Waals surface area contributed by atoms with E-state index in [0.29, 0.717) is 17.2 Å². The van der Waals surface area contributed by atoms with E-state index >= 15 is 0 Å². The van der Waals surface area contributed by atoms with Gasteiger partial charge >= 0.3 is 0 Å². The van der Waals surface area contributed by atoms with Crippen molar-refractivity contribution in [2.24, 2.45) is 0 Å². The molecule has 3 aromatic heterocycles. The summed E-state index contributed by atoms with van der Waals surface area (Å²) >= 11 is 0. The van der Waals surface area contributed by atoms with E-state index < -0.39 is 6.43 Å². The van der Waals surface area contributed by atoms with Crippen LogP contribution in [0.4, 0.5) is 14.6 Å². The third-order valence-electron chi connectivity index (χ3n) is 4.96. The lowest BCUT2D eigenvalue weighted by atomic mass is 10.00. The summed E-state index contributed by atoms with van der Waals surface area (Å²) in [5.41, 5.74) is 3.37. The van der Waals surface area contributed by atoms with E-state index in [2.05, 4.69) is 43.0 Å². The van der Waals surface area contributed by atoms with Crippen molar-refractivity contribution in [1.82, 2.24) is 24.3 Å². The zero-order valence-electron chi connectivity index (χ0n) is 14.8. The topological polar surface area (TPSA) is 59.2 Å². The fourth-order valence-electron chi connectivity index (χ4n) is 3.52. The number of alkyl halides is 2. The number of fused-ring (bicyclic) bond motifs is 2. The van der Waals surface area contributed by atoms with Gasteiger partial charge in [0, 0.05) is 25.5 Å². The van der Waals surface area contributed by atoms with Gasteiger partial charge in [0.25, 0.3) is 6.43 Å². The second-order valence-corrected chi connectivity index (χ2v) is 6.66. The maximum absolute atomic E-state index is 13.0. The Balaban J connectivity index is 1.52. The molecule has 0 saturated heterocycles. The molecule has 0 bridgehead atoms. The first-order valence-electron chi connectivity index (χ1n) is 8.95. The average molecular weight is 378 g/mol. The van der Waals surface area contributed by atoms with Crippen LogP contribution in [-0.4, -0.2) is 30.9 Å². The van der Waals surface area contributed by atoms with Gasteiger partial charge in [-0.25, -0.2) is 28.7 Å². The van der Waals surface area contributed by atoms with Crippen molar-refractivity contribution in [1.29, 1.82) is 0 Å². The van der Waals surface area contributed by atoms with E-state index in [9.17, 15) is 8.78 Å². The molecule has 1 aliphatic rings. The Hall–Kier alpha value is -3.42. The smallest absolute Gasteiger partial charge is 0.281 e. The molecular formula is C20H16F2N6. The molecule has 1 aromatic carbocycles. The number of hydrogen-bond acceptors (Lipinski definition) is 5. The molecule has 0 atom stereocenters. The predicted octanol–water partition coefficient (Wildman–Crippen LogP) is 3.69. The lowest BCUT2D eigenvalue weighted by Gasteiger charge is -2.29. The van der Waals surface area contributed by atoms with Gasteiger partial charge in [0.05, 0.1) is 12.4 Å². The van der Waals surface area contributed by atoms with Crippen LogP contribution in [0.15, 0.2) is 55.1 Å². The normalized spacial score (nSPS) is 13.9. The minimum atomic E-state index is -2.65. The molecule has 8 heteroatoms. The van der Waals surface area contributed by atoms with Crippen LogP contribution < -0.4 is 4.90 Å². The van der Waals surface area contributed by atoms with Gasteiger partial charge in [0.15, 0.2) is 11.5 Å². The van der Waals surface area contributed by atoms with Crippen molar-refractivity contribution in [2.75, 3.05) is 11.4 Å². The molecule has 0 aliphatic carbocycles. The second-order valence-electron chi connectivity index (χ2n) is 6.66. The number of rotatable bonds is 3. The molecule has 6 nitrogen and oxygen atoms in total. The first-order chi connectivity index (χ1) is 13.7. The van der Waals surface area contributed by atoms with Gasteiger partial charge in [0.1, 0.15) is 17.2 Å². The Kier molecular flexibility index (Phi) is 3.96. The minimum absolute atomic E-state index is 0.310. The van der Waals surface area contributed by atoms with Gasteiger partial charge < -0.3 is 4.90 Å². The van der Waals surface area contributed by atoms with Crippen LogP contribution >= 0.6 is 0 Å². The number of halogens is 2. The summed E-state index contributed by atoms with van der Waals surface area (Å²) in [5.74, 6) is 1.24. The van der Waals surface area contributed by atoms with Gasteiger partial charge in [0.2, 0.25) is 0 Å². The van der Waals surface area contributed by atoms with Crippen molar-refractivity contribution >= 4 is 11.5 Å². The fraction of sp³-hybridized carbons (Fsp3) is 0.200. The summed E-state index contributed by atoms with van der Waals surface area (Å²) in [4.78, 5) is 19.2. The Morgan fingerprint density at radius 3 is 2.68 bits per heavy atom. The lowest BCUT2D eigenvalue weighted by molar-refractivity contribution is 0.145.